The molecule has 0 unspecified atom stereocenters. The third-order valence-corrected chi connectivity index (χ3v) is 4.44. The summed E-state index contributed by atoms with van der Waals surface area (Å²) in [5, 5.41) is 10.5. The first-order valence-corrected chi connectivity index (χ1v) is 8.18. The fraction of sp³-hybridized carbons (Fsp3) is 0.150. The molecule has 26 heavy (non-hydrogen) atoms. The average molecular weight is 349 g/mol. The van der Waals surface area contributed by atoms with Crippen molar-refractivity contribution in [1.29, 1.82) is 0 Å². The van der Waals surface area contributed by atoms with Crippen LogP contribution < -0.4 is 11.5 Å². The number of aliphatic carboxylic acids is 1. The fourth-order valence-electron chi connectivity index (χ4n) is 2.96. The second-order valence-electron chi connectivity index (χ2n) is 6.20. The predicted molar refractivity (Wildman–Crippen MR) is 98.5 cm³/mol. The molecule has 0 radical (unpaired) electrons. The largest absolute Gasteiger partial charge is 0.480 e. The number of pyridine rings is 1. The SMILES string of the molecule is NC(=O)c1cc2ccccc2nc1[C@@](N)(CCc1ccccc1)C(=O)O. The van der Waals surface area contributed by atoms with Gasteiger partial charge in [-0.15, -0.1) is 0 Å². The number of carbonyl (C=O) groups excluding carboxylic acids is 1. The van der Waals surface area contributed by atoms with Crippen LogP contribution in [0.5, 0.6) is 0 Å². The summed E-state index contributed by atoms with van der Waals surface area (Å²) in [6.45, 7) is 0. The Morgan fingerprint density at radius 1 is 1.04 bits per heavy atom. The second-order valence-corrected chi connectivity index (χ2v) is 6.20. The van der Waals surface area contributed by atoms with E-state index in [1.54, 1.807) is 30.3 Å². The number of amides is 1. The summed E-state index contributed by atoms with van der Waals surface area (Å²) in [5.74, 6) is -2.01. The Kier molecular flexibility index (Phi) is 4.69. The molecule has 1 amide bonds. The number of nitrogens with two attached hydrogens (primary N) is 2. The van der Waals surface area contributed by atoms with Gasteiger partial charge < -0.3 is 16.6 Å². The van der Waals surface area contributed by atoms with E-state index in [0.29, 0.717) is 17.3 Å². The topological polar surface area (TPSA) is 119 Å². The molecule has 5 N–H and O–H groups in total. The van der Waals surface area contributed by atoms with Gasteiger partial charge in [0.2, 0.25) is 0 Å². The highest BCUT2D eigenvalue weighted by atomic mass is 16.4. The smallest absolute Gasteiger partial charge is 0.330 e. The van der Waals surface area contributed by atoms with Gasteiger partial charge in [-0.25, -0.2) is 9.78 Å². The molecule has 1 aromatic heterocycles. The summed E-state index contributed by atoms with van der Waals surface area (Å²) in [5.41, 5.74) is 11.5. The lowest BCUT2D eigenvalue weighted by Crippen LogP contribution is -2.47. The Balaban J connectivity index is 2.10. The van der Waals surface area contributed by atoms with Crippen LogP contribution in [0.4, 0.5) is 0 Å². The highest BCUT2D eigenvalue weighted by molar-refractivity contribution is 5.99. The van der Waals surface area contributed by atoms with E-state index in [4.69, 9.17) is 11.5 Å². The number of aromatic nitrogens is 1. The quantitative estimate of drug-likeness (QED) is 0.630. The number of carbonyl (C=O) groups is 2. The number of aryl methyl sites for hydroxylation is 1. The van der Waals surface area contributed by atoms with E-state index < -0.39 is 17.4 Å². The van der Waals surface area contributed by atoms with E-state index in [2.05, 4.69) is 4.98 Å². The van der Waals surface area contributed by atoms with Gasteiger partial charge in [0.25, 0.3) is 5.91 Å². The molecular weight excluding hydrogens is 330 g/mol. The summed E-state index contributed by atoms with van der Waals surface area (Å²) < 4.78 is 0. The van der Waals surface area contributed by atoms with Gasteiger partial charge in [0.15, 0.2) is 5.54 Å². The molecular formula is C20H19N3O3. The van der Waals surface area contributed by atoms with Crippen LogP contribution in [0, 0.1) is 0 Å². The van der Waals surface area contributed by atoms with E-state index in [1.165, 1.54) is 0 Å². The van der Waals surface area contributed by atoms with Crippen molar-refractivity contribution in [2.45, 2.75) is 18.4 Å². The molecule has 0 spiro atoms. The van der Waals surface area contributed by atoms with Crippen LogP contribution in [0.1, 0.15) is 28.0 Å². The molecule has 6 nitrogen and oxygen atoms in total. The Hall–Kier alpha value is -3.25. The van der Waals surface area contributed by atoms with Crippen LogP contribution in [-0.4, -0.2) is 22.0 Å². The Labute approximate surface area is 150 Å². The number of hydrogen-bond acceptors (Lipinski definition) is 4. The van der Waals surface area contributed by atoms with Crippen molar-refractivity contribution in [2.24, 2.45) is 11.5 Å². The molecule has 132 valence electrons. The zero-order valence-corrected chi connectivity index (χ0v) is 14.1. The lowest BCUT2D eigenvalue weighted by molar-refractivity contribution is -0.144. The maximum Gasteiger partial charge on any atom is 0.330 e. The van der Waals surface area contributed by atoms with Crippen molar-refractivity contribution < 1.29 is 14.7 Å². The summed E-state index contributed by atoms with van der Waals surface area (Å²) in [6, 6.07) is 18.1. The Morgan fingerprint density at radius 3 is 2.35 bits per heavy atom. The normalized spacial score (nSPS) is 13.3. The van der Waals surface area contributed by atoms with E-state index in [0.717, 1.165) is 5.56 Å². The molecule has 3 aromatic rings. The van der Waals surface area contributed by atoms with Crippen molar-refractivity contribution in [3.8, 4) is 0 Å². The van der Waals surface area contributed by atoms with Crippen LogP contribution >= 0.6 is 0 Å². The molecule has 1 atom stereocenters. The molecule has 0 saturated carbocycles. The van der Waals surface area contributed by atoms with E-state index >= 15 is 0 Å². The predicted octanol–water partition coefficient (Wildman–Crippen LogP) is 2.21. The maximum absolute atomic E-state index is 12.0. The highest BCUT2D eigenvalue weighted by Gasteiger charge is 2.40. The van der Waals surface area contributed by atoms with Crippen molar-refractivity contribution in [2.75, 3.05) is 0 Å². The number of hydrogen-bond donors (Lipinski definition) is 3. The molecule has 0 saturated heterocycles. The lowest BCUT2D eigenvalue weighted by Gasteiger charge is -2.26. The molecule has 0 aliphatic carbocycles. The van der Waals surface area contributed by atoms with Crippen molar-refractivity contribution in [3.63, 3.8) is 0 Å². The number of fused-ring (bicyclic) bond motifs is 1. The first kappa shape index (κ1) is 17.6. The number of benzene rings is 2. The van der Waals surface area contributed by atoms with Gasteiger partial charge in [-0.3, -0.25) is 4.79 Å². The molecule has 1 heterocycles. The van der Waals surface area contributed by atoms with Gasteiger partial charge in [-0.1, -0.05) is 48.5 Å². The number of primary amides is 1. The van der Waals surface area contributed by atoms with Crippen LogP contribution in [0.2, 0.25) is 0 Å². The monoisotopic (exact) mass is 349 g/mol. The molecule has 6 heteroatoms. The van der Waals surface area contributed by atoms with Crippen LogP contribution in [0.3, 0.4) is 0 Å². The second kappa shape index (κ2) is 6.93. The number of nitrogens with zero attached hydrogens (tertiary/aromatic N) is 1. The minimum absolute atomic E-state index is 0.00729. The minimum atomic E-state index is -1.83. The van der Waals surface area contributed by atoms with Gasteiger partial charge in [-0.2, -0.15) is 0 Å². The van der Waals surface area contributed by atoms with Crippen molar-refractivity contribution in [1.82, 2.24) is 4.98 Å². The highest BCUT2D eigenvalue weighted by Crippen LogP contribution is 2.29. The molecule has 2 aromatic carbocycles. The summed E-state index contributed by atoms with van der Waals surface area (Å²) in [4.78, 5) is 28.4. The summed E-state index contributed by atoms with van der Waals surface area (Å²) in [6.07, 6.45) is 0.508. The average Bonchev–Trinajstić information content (AvgIpc) is 2.65. The number of para-hydroxylation sites is 1. The number of carboxylic acids is 1. The molecule has 0 aliphatic heterocycles. The van der Waals surface area contributed by atoms with Crippen LogP contribution in [-0.2, 0) is 16.8 Å². The van der Waals surface area contributed by atoms with E-state index in [-0.39, 0.29) is 17.7 Å². The van der Waals surface area contributed by atoms with Gasteiger partial charge >= 0.3 is 5.97 Å². The lowest BCUT2D eigenvalue weighted by atomic mass is 9.85. The van der Waals surface area contributed by atoms with Gasteiger partial charge in [0, 0.05) is 5.39 Å². The first-order valence-electron chi connectivity index (χ1n) is 8.18. The molecule has 0 fully saturated rings. The molecule has 3 rings (SSSR count). The van der Waals surface area contributed by atoms with Gasteiger partial charge in [0.1, 0.15) is 0 Å². The Bertz CT molecular complexity index is 972. The van der Waals surface area contributed by atoms with Crippen molar-refractivity contribution in [3.05, 3.63) is 77.5 Å². The summed E-state index contributed by atoms with van der Waals surface area (Å²) in [7, 11) is 0. The van der Waals surface area contributed by atoms with E-state index in [1.807, 2.05) is 30.3 Å². The van der Waals surface area contributed by atoms with Gasteiger partial charge in [-0.05, 0) is 30.5 Å². The molecule has 0 aliphatic rings. The molecule has 0 bridgehead atoms. The third-order valence-electron chi connectivity index (χ3n) is 4.44. The maximum atomic E-state index is 12.0. The zero-order chi connectivity index (χ0) is 18.7. The third kappa shape index (κ3) is 3.27. The first-order chi connectivity index (χ1) is 12.4. The standard InChI is InChI=1S/C20H19N3O3/c21-18(24)15-12-14-8-4-5-9-16(14)23-17(15)20(22,19(25)26)11-10-13-6-2-1-3-7-13/h1-9,12H,10-11,22H2,(H2,21,24)(H,25,26)/t20-/m0/s1. The van der Waals surface area contributed by atoms with Crippen molar-refractivity contribution >= 4 is 22.8 Å². The van der Waals surface area contributed by atoms with E-state index in [9.17, 15) is 14.7 Å². The number of rotatable bonds is 6. The Morgan fingerprint density at radius 2 is 1.69 bits per heavy atom. The summed E-state index contributed by atoms with van der Waals surface area (Å²) >= 11 is 0. The van der Waals surface area contributed by atoms with Crippen LogP contribution in [0.25, 0.3) is 10.9 Å². The zero-order valence-electron chi connectivity index (χ0n) is 14.1. The fourth-order valence-corrected chi connectivity index (χ4v) is 2.96. The number of carboxylic acid groups (broad SMARTS) is 1. The minimum Gasteiger partial charge on any atom is -0.480 e. The van der Waals surface area contributed by atoms with Crippen LogP contribution in [0.15, 0.2) is 60.7 Å². The van der Waals surface area contributed by atoms with Gasteiger partial charge in [0.05, 0.1) is 16.8 Å².